The molecule has 0 radical (unpaired) electrons. The van der Waals surface area contributed by atoms with Gasteiger partial charge in [0.25, 0.3) is 0 Å². The molecule has 1 heterocycles. The molecule has 0 amide bonds. The molecule has 0 aliphatic carbocycles. The molecule has 0 bridgehead atoms. The normalized spacial score (nSPS) is 17.3. The summed E-state index contributed by atoms with van der Waals surface area (Å²) in [7, 11) is -3.44. The molecule has 6 nitrogen and oxygen atoms in total. The Morgan fingerprint density at radius 3 is 2.32 bits per heavy atom. The summed E-state index contributed by atoms with van der Waals surface area (Å²) in [5, 5.41) is 0. The summed E-state index contributed by atoms with van der Waals surface area (Å²) in [6.45, 7) is 8.42. The van der Waals surface area contributed by atoms with Gasteiger partial charge in [-0.05, 0) is 75.3 Å². The van der Waals surface area contributed by atoms with Gasteiger partial charge in [-0.3, -0.25) is 4.79 Å². The van der Waals surface area contributed by atoms with E-state index >= 15 is 0 Å². The molecule has 0 atom stereocenters. The molecule has 31 heavy (non-hydrogen) atoms. The number of carbonyl (C=O) groups excluding carboxylic acids is 1. The Kier molecular flexibility index (Phi) is 8.65. The minimum Gasteiger partial charge on any atom is -0.489 e. The number of esters is 1. The molecule has 174 valence electrons. The minimum absolute atomic E-state index is 0.0382. The van der Waals surface area contributed by atoms with Gasteiger partial charge < -0.3 is 14.2 Å². The molecular weight excluding hydrogens is 423 g/mol. The maximum atomic E-state index is 13.1. The third-order valence-electron chi connectivity index (χ3n) is 5.07. The van der Waals surface area contributed by atoms with Crippen molar-refractivity contribution in [3.8, 4) is 5.75 Å². The molecule has 2 rings (SSSR count). The first-order valence-corrected chi connectivity index (χ1v) is 12.1. The lowest BCUT2D eigenvalue weighted by Gasteiger charge is -2.33. The van der Waals surface area contributed by atoms with Crippen molar-refractivity contribution in [2.45, 2.75) is 63.9 Å². The van der Waals surface area contributed by atoms with Crippen molar-refractivity contribution in [2.75, 3.05) is 25.6 Å². The first-order chi connectivity index (χ1) is 14.4. The summed E-state index contributed by atoms with van der Waals surface area (Å²) in [5.74, 6) is 0.0932. The zero-order valence-electron chi connectivity index (χ0n) is 18.8. The topological polar surface area (TPSA) is 78.9 Å². The summed E-state index contributed by atoms with van der Waals surface area (Å²) in [5.41, 5.74) is -0.562. The van der Waals surface area contributed by atoms with Crippen LogP contribution in [0.2, 0.25) is 0 Å². The van der Waals surface area contributed by atoms with E-state index in [9.17, 15) is 17.6 Å². The number of sulfone groups is 1. The van der Waals surface area contributed by atoms with Crippen molar-refractivity contribution in [2.24, 2.45) is 5.41 Å². The molecule has 0 N–H and O–H groups in total. The van der Waals surface area contributed by atoms with Gasteiger partial charge in [-0.15, -0.1) is 0 Å². The van der Waals surface area contributed by atoms with E-state index < -0.39 is 21.4 Å². The van der Waals surface area contributed by atoms with E-state index in [0.29, 0.717) is 30.9 Å². The predicted molar refractivity (Wildman–Crippen MR) is 116 cm³/mol. The predicted octanol–water partition coefficient (Wildman–Crippen LogP) is 4.63. The second-order valence-electron chi connectivity index (χ2n) is 9.30. The van der Waals surface area contributed by atoms with Crippen LogP contribution in [0.25, 0.3) is 0 Å². The van der Waals surface area contributed by atoms with E-state index in [1.165, 1.54) is 12.1 Å². The van der Waals surface area contributed by atoms with Crippen molar-refractivity contribution in [1.29, 1.82) is 0 Å². The Hall–Kier alpha value is -1.93. The number of halogens is 1. The fraction of sp³-hybridized carbons (Fsp3) is 0.609. The van der Waals surface area contributed by atoms with Gasteiger partial charge in [0, 0.05) is 19.6 Å². The smallest absolute Gasteiger partial charge is 0.306 e. The number of ether oxygens (including phenoxy) is 3. The Bertz CT molecular complexity index is 862. The average molecular weight is 457 g/mol. The standard InChI is InChI=1S/C23H33FO6S/c1-22(2,3)30-21(25)10-5-18(15-24)16-29-19-6-8-20(9-7-19)31(26,27)17-23(4)11-13-28-14-12-23/h6-9,15H,5,10-14,16-17H2,1-4H3/b18-15+. The van der Waals surface area contributed by atoms with Gasteiger partial charge in [0.05, 0.1) is 17.0 Å². The van der Waals surface area contributed by atoms with Crippen molar-refractivity contribution < 1.29 is 31.8 Å². The van der Waals surface area contributed by atoms with Gasteiger partial charge in [0.1, 0.15) is 18.0 Å². The van der Waals surface area contributed by atoms with Crippen LogP contribution in [-0.2, 0) is 24.1 Å². The molecule has 1 aliphatic rings. The summed E-state index contributed by atoms with van der Waals surface area (Å²) in [6, 6.07) is 6.13. The molecule has 0 aromatic heterocycles. The monoisotopic (exact) mass is 456 g/mol. The van der Waals surface area contributed by atoms with Crippen molar-refractivity contribution in [1.82, 2.24) is 0 Å². The van der Waals surface area contributed by atoms with Crippen molar-refractivity contribution >= 4 is 15.8 Å². The van der Waals surface area contributed by atoms with E-state index in [2.05, 4.69) is 0 Å². The van der Waals surface area contributed by atoms with Gasteiger partial charge in [-0.2, -0.15) is 0 Å². The molecule has 0 unspecified atom stereocenters. The van der Waals surface area contributed by atoms with Gasteiger partial charge in [0.15, 0.2) is 9.84 Å². The lowest BCUT2D eigenvalue weighted by Crippen LogP contribution is -2.33. The van der Waals surface area contributed by atoms with Crippen LogP contribution in [0, 0.1) is 5.41 Å². The average Bonchev–Trinajstić information content (AvgIpc) is 2.67. The minimum atomic E-state index is -3.44. The second-order valence-corrected chi connectivity index (χ2v) is 11.3. The maximum absolute atomic E-state index is 13.1. The number of hydrogen-bond acceptors (Lipinski definition) is 6. The van der Waals surface area contributed by atoms with Crippen LogP contribution in [0.15, 0.2) is 41.1 Å². The molecule has 1 aliphatic heterocycles. The van der Waals surface area contributed by atoms with Gasteiger partial charge in [-0.25, -0.2) is 12.8 Å². The highest BCUT2D eigenvalue weighted by Gasteiger charge is 2.33. The first-order valence-electron chi connectivity index (χ1n) is 10.5. The van der Waals surface area contributed by atoms with E-state index in [-0.39, 0.29) is 35.5 Å². The third-order valence-corrected chi connectivity index (χ3v) is 7.14. The molecule has 1 aromatic carbocycles. The summed E-state index contributed by atoms with van der Waals surface area (Å²) < 4.78 is 54.8. The third kappa shape index (κ3) is 8.61. The molecular formula is C23H33FO6S. The quantitative estimate of drug-likeness (QED) is 0.504. The van der Waals surface area contributed by atoms with Gasteiger partial charge in [-0.1, -0.05) is 6.92 Å². The van der Waals surface area contributed by atoms with Crippen LogP contribution in [0.4, 0.5) is 4.39 Å². The highest BCUT2D eigenvalue weighted by molar-refractivity contribution is 7.91. The van der Waals surface area contributed by atoms with Crippen molar-refractivity contribution in [3.63, 3.8) is 0 Å². The summed E-state index contributed by atoms with van der Waals surface area (Å²) >= 11 is 0. The lowest BCUT2D eigenvalue weighted by molar-refractivity contribution is -0.154. The van der Waals surface area contributed by atoms with Crippen LogP contribution in [0.5, 0.6) is 5.75 Å². The zero-order chi connectivity index (χ0) is 23.1. The Balaban J connectivity index is 1.89. The fourth-order valence-electron chi connectivity index (χ4n) is 3.28. The number of hydrogen-bond donors (Lipinski definition) is 0. The number of carbonyl (C=O) groups is 1. The molecule has 8 heteroatoms. The van der Waals surface area contributed by atoms with Crippen LogP contribution >= 0.6 is 0 Å². The SMILES string of the molecule is CC1(CS(=O)(=O)c2ccc(OC/C(=C/F)CCC(=O)OC(C)(C)C)cc2)CCOCC1. The molecule has 1 saturated heterocycles. The zero-order valence-corrected chi connectivity index (χ0v) is 19.6. The van der Waals surface area contributed by atoms with Gasteiger partial charge >= 0.3 is 5.97 Å². The fourth-order valence-corrected chi connectivity index (χ4v) is 5.21. The summed E-state index contributed by atoms with van der Waals surface area (Å²) in [4.78, 5) is 12.0. The first kappa shape index (κ1) is 25.3. The highest BCUT2D eigenvalue weighted by atomic mass is 32.2. The highest BCUT2D eigenvalue weighted by Crippen LogP contribution is 2.33. The Morgan fingerprint density at radius 2 is 1.77 bits per heavy atom. The summed E-state index contributed by atoms with van der Waals surface area (Å²) in [6.07, 6.45) is 2.10. The number of rotatable bonds is 9. The van der Waals surface area contributed by atoms with Crippen LogP contribution in [0.1, 0.15) is 53.4 Å². The molecule has 0 spiro atoms. The van der Waals surface area contributed by atoms with Gasteiger partial charge in [0.2, 0.25) is 0 Å². The van der Waals surface area contributed by atoms with E-state index in [1.54, 1.807) is 32.9 Å². The van der Waals surface area contributed by atoms with E-state index in [4.69, 9.17) is 14.2 Å². The van der Waals surface area contributed by atoms with Crippen LogP contribution in [-0.4, -0.2) is 45.6 Å². The molecule has 0 saturated carbocycles. The molecule has 1 fully saturated rings. The van der Waals surface area contributed by atoms with Crippen molar-refractivity contribution in [3.05, 3.63) is 36.2 Å². The second kappa shape index (κ2) is 10.6. The van der Waals surface area contributed by atoms with E-state index in [1.807, 2.05) is 6.92 Å². The lowest BCUT2D eigenvalue weighted by atomic mass is 9.85. The maximum Gasteiger partial charge on any atom is 0.306 e. The van der Waals surface area contributed by atoms with Crippen LogP contribution in [0.3, 0.4) is 0 Å². The molecule has 1 aromatic rings. The Morgan fingerprint density at radius 1 is 1.16 bits per heavy atom. The number of benzene rings is 1. The van der Waals surface area contributed by atoms with E-state index in [0.717, 1.165) is 12.8 Å². The van der Waals surface area contributed by atoms with Crippen LogP contribution < -0.4 is 4.74 Å². The Labute approximate surface area is 184 Å². The largest absolute Gasteiger partial charge is 0.489 e.